The predicted octanol–water partition coefficient (Wildman–Crippen LogP) is 2.77. The zero-order valence-corrected chi connectivity index (χ0v) is 14.1. The van der Waals surface area contributed by atoms with Crippen molar-refractivity contribution in [1.29, 1.82) is 0 Å². The summed E-state index contributed by atoms with van der Waals surface area (Å²) in [5.41, 5.74) is 4.66. The van der Waals surface area contributed by atoms with Crippen molar-refractivity contribution in [2.75, 3.05) is 5.32 Å². The van der Waals surface area contributed by atoms with Gasteiger partial charge in [0.2, 0.25) is 11.8 Å². The number of aryl methyl sites for hydroxylation is 1. The first-order chi connectivity index (χ1) is 12.4. The quantitative estimate of drug-likeness (QED) is 0.452. The maximum absolute atomic E-state index is 11.8. The SMILES string of the molecule is Cc1ccc(NC(=O)CCC(=O)N/N=C/c2ccc([N+](=O)[O-])cc2)cc1. The van der Waals surface area contributed by atoms with Gasteiger partial charge in [0.05, 0.1) is 11.1 Å². The van der Waals surface area contributed by atoms with Gasteiger partial charge in [0, 0.05) is 30.7 Å². The number of hydrogen-bond donors (Lipinski definition) is 2. The van der Waals surface area contributed by atoms with Crippen molar-refractivity contribution in [3.63, 3.8) is 0 Å². The van der Waals surface area contributed by atoms with Gasteiger partial charge >= 0.3 is 0 Å². The summed E-state index contributed by atoms with van der Waals surface area (Å²) in [7, 11) is 0. The van der Waals surface area contributed by atoms with Crippen molar-refractivity contribution in [2.45, 2.75) is 19.8 Å². The van der Waals surface area contributed by atoms with Gasteiger partial charge in [0.1, 0.15) is 0 Å². The van der Waals surface area contributed by atoms with E-state index in [9.17, 15) is 19.7 Å². The number of amides is 2. The molecule has 0 saturated carbocycles. The van der Waals surface area contributed by atoms with Crippen molar-refractivity contribution in [3.05, 3.63) is 69.8 Å². The normalized spacial score (nSPS) is 10.5. The second-order valence-electron chi connectivity index (χ2n) is 5.56. The number of nitro groups is 1. The number of hydrogen-bond acceptors (Lipinski definition) is 5. The van der Waals surface area contributed by atoms with Gasteiger partial charge in [-0.15, -0.1) is 0 Å². The molecule has 0 saturated heterocycles. The van der Waals surface area contributed by atoms with Gasteiger partial charge in [-0.05, 0) is 36.8 Å². The van der Waals surface area contributed by atoms with Gasteiger partial charge in [-0.3, -0.25) is 19.7 Å². The Hall–Kier alpha value is -3.55. The van der Waals surface area contributed by atoms with Crippen LogP contribution in [0.2, 0.25) is 0 Å². The number of non-ortho nitro benzene ring substituents is 1. The molecule has 26 heavy (non-hydrogen) atoms. The van der Waals surface area contributed by atoms with Crippen LogP contribution in [-0.4, -0.2) is 23.0 Å². The third kappa shape index (κ3) is 6.16. The second kappa shape index (κ2) is 9.07. The fourth-order valence-electron chi connectivity index (χ4n) is 2.00. The number of hydrazone groups is 1. The molecular formula is C18H18N4O4. The lowest BCUT2D eigenvalue weighted by Gasteiger charge is -2.05. The smallest absolute Gasteiger partial charge is 0.269 e. The number of nitro benzene ring substituents is 1. The highest BCUT2D eigenvalue weighted by Crippen LogP contribution is 2.11. The Morgan fingerprint density at radius 3 is 2.27 bits per heavy atom. The molecule has 0 fully saturated rings. The summed E-state index contributed by atoms with van der Waals surface area (Å²) in [6.07, 6.45) is 1.40. The first-order valence-corrected chi connectivity index (χ1v) is 7.87. The fourth-order valence-corrected chi connectivity index (χ4v) is 2.00. The summed E-state index contributed by atoms with van der Waals surface area (Å²) in [4.78, 5) is 33.5. The van der Waals surface area contributed by atoms with E-state index in [1.165, 1.54) is 30.5 Å². The molecular weight excluding hydrogens is 336 g/mol. The lowest BCUT2D eigenvalue weighted by Crippen LogP contribution is -2.20. The Morgan fingerprint density at radius 2 is 1.65 bits per heavy atom. The van der Waals surface area contributed by atoms with E-state index in [-0.39, 0.29) is 24.4 Å². The Balaban J connectivity index is 1.73. The van der Waals surface area contributed by atoms with Crippen LogP contribution < -0.4 is 10.7 Å². The lowest BCUT2D eigenvalue weighted by molar-refractivity contribution is -0.384. The van der Waals surface area contributed by atoms with Crippen LogP contribution in [0.4, 0.5) is 11.4 Å². The van der Waals surface area contributed by atoms with Crippen LogP contribution in [0.5, 0.6) is 0 Å². The van der Waals surface area contributed by atoms with Crippen molar-refractivity contribution < 1.29 is 14.5 Å². The van der Waals surface area contributed by atoms with E-state index in [0.717, 1.165) is 5.56 Å². The fraction of sp³-hybridized carbons (Fsp3) is 0.167. The standard InChI is InChI=1S/C18H18N4O4/c1-13-2-6-15(7-3-13)20-17(23)10-11-18(24)21-19-12-14-4-8-16(9-5-14)22(25)26/h2-9,12H,10-11H2,1H3,(H,20,23)(H,21,24)/b19-12+. The van der Waals surface area contributed by atoms with E-state index in [0.29, 0.717) is 11.3 Å². The molecule has 0 unspecified atom stereocenters. The van der Waals surface area contributed by atoms with Crippen molar-refractivity contribution >= 4 is 29.4 Å². The highest BCUT2D eigenvalue weighted by atomic mass is 16.6. The van der Waals surface area contributed by atoms with Gasteiger partial charge < -0.3 is 5.32 Å². The van der Waals surface area contributed by atoms with Crippen LogP contribution in [0, 0.1) is 17.0 Å². The average Bonchev–Trinajstić information content (AvgIpc) is 2.62. The zero-order valence-electron chi connectivity index (χ0n) is 14.1. The molecule has 2 rings (SSSR count). The first kappa shape index (κ1) is 18.8. The van der Waals surface area contributed by atoms with Crippen LogP contribution in [0.15, 0.2) is 53.6 Å². The number of nitrogens with zero attached hydrogens (tertiary/aromatic N) is 2. The average molecular weight is 354 g/mol. The van der Waals surface area contributed by atoms with Gasteiger partial charge in [-0.2, -0.15) is 5.10 Å². The molecule has 2 aromatic rings. The van der Waals surface area contributed by atoms with E-state index in [1.54, 1.807) is 12.1 Å². The van der Waals surface area contributed by atoms with Crippen LogP contribution in [-0.2, 0) is 9.59 Å². The minimum absolute atomic E-state index is 0.00467. The number of benzene rings is 2. The molecule has 0 bridgehead atoms. The third-order valence-electron chi connectivity index (χ3n) is 3.42. The minimum atomic E-state index is -0.496. The van der Waals surface area contributed by atoms with Crippen LogP contribution in [0.3, 0.4) is 0 Å². The zero-order chi connectivity index (χ0) is 18.9. The molecule has 8 nitrogen and oxygen atoms in total. The summed E-state index contributed by atoms with van der Waals surface area (Å²) in [6, 6.07) is 13.1. The van der Waals surface area contributed by atoms with Gasteiger partial charge in [0.15, 0.2) is 0 Å². The molecule has 0 aromatic heterocycles. The van der Waals surface area contributed by atoms with Crippen molar-refractivity contribution in [2.24, 2.45) is 5.10 Å². The largest absolute Gasteiger partial charge is 0.326 e. The Bertz CT molecular complexity index is 814. The van der Waals surface area contributed by atoms with Crippen molar-refractivity contribution in [3.8, 4) is 0 Å². The van der Waals surface area contributed by atoms with E-state index in [1.807, 2.05) is 19.1 Å². The van der Waals surface area contributed by atoms with E-state index >= 15 is 0 Å². The van der Waals surface area contributed by atoms with E-state index in [2.05, 4.69) is 15.8 Å². The maximum Gasteiger partial charge on any atom is 0.269 e. The predicted molar refractivity (Wildman–Crippen MR) is 97.9 cm³/mol. The molecule has 0 heterocycles. The van der Waals surface area contributed by atoms with Crippen LogP contribution in [0.25, 0.3) is 0 Å². The van der Waals surface area contributed by atoms with Crippen LogP contribution in [0.1, 0.15) is 24.0 Å². The molecule has 0 aliphatic heterocycles. The molecule has 2 N–H and O–H groups in total. The van der Waals surface area contributed by atoms with Gasteiger partial charge in [-0.1, -0.05) is 17.7 Å². The minimum Gasteiger partial charge on any atom is -0.326 e. The van der Waals surface area contributed by atoms with E-state index in [4.69, 9.17) is 0 Å². The van der Waals surface area contributed by atoms with Crippen LogP contribution >= 0.6 is 0 Å². The molecule has 8 heteroatoms. The number of nitrogens with one attached hydrogen (secondary N) is 2. The topological polar surface area (TPSA) is 114 Å². The number of anilines is 1. The number of carbonyl (C=O) groups excluding carboxylic acids is 2. The Morgan fingerprint density at radius 1 is 1.04 bits per heavy atom. The number of carbonyl (C=O) groups is 2. The summed E-state index contributed by atoms with van der Waals surface area (Å²) in [5.74, 6) is -0.662. The summed E-state index contributed by atoms with van der Waals surface area (Å²) in [5, 5.41) is 17.0. The summed E-state index contributed by atoms with van der Waals surface area (Å²) in [6.45, 7) is 1.95. The molecule has 0 radical (unpaired) electrons. The molecule has 2 amide bonds. The highest BCUT2D eigenvalue weighted by Gasteiger charge is 2.07. The van der Waals surface area contributed by atoms with Gasteiger partial charge in [0.25, 0.3) is 5.69 Å². The first-order valence-electron chi connectivity index (χ1n) is 7.87. The maximum atomic E-state index is 11.8. The molecule has 0 aliphatic rings. The molecule has 0 atom stereocenters. The molecule has 134 valence electrons. The summed E-state index contributed by atoms with van der Waals surface area (Å²) < 4.78 is 0. The highest BCUT2D eigenvalue weighted by molar-refractivity contribution is 5.93. The Kier molecular flexibility index (Phi) is 6.55. The second-order valence-corrected chi connectivity index (χ2v) is 5.56. The van der Waals surface area contributed by atoms with Gasteiger partial charge in [-0.25, -0.2) is 5.43 Å². The molecule has 2 aromatic carbocycles. The summed E-state index contributed by atoms with van der Waals surface area (Å²) >= 11 is 0. The number of rotatable bonds is 7. The molecule has 0 aliphatic carbocycles. The van der Waals surface area contributed by atoms with E-state index < -0.39 is 10.8 Å². The monoisotopic (exact) mass is 354 g/mol. The lowest BCUT2D eigenvalue weighted by atomic mass is 10.2. The van der Waals surface area contributed by atoms with Crippen molar-refractivity contribution in [1.82, 2.24) is 5.43 Å². The molecule has 0 spiro atoms. The Labute approximate surface area is 150 Å². The third-order valence-corrected chi connectivity index (χ3v) is 3.42.